The standard InChI is InChI=1S/C19H36O4/c1-12(2)16(13(3)4)22-17(21)19(9,10)14(5)11-15(20)23-18(6,7)8/h12-14,16H,11H2,1-10H3. The predicted octanol–water partition coefficient (Wildman–Crippen LogP) is 4.60. The van der Waals surface area contributed by atoms with Gasteiger partial charge in [-0.25, -0.2) is 0 Å². The number of carbonyl (C=O) groups excluding carboxylic acids is 2. The normalized spacial score (nSPS) is 14.3. The zero-order chi connectivity index (χ0) is 18.6. The van der Waals surface area contributed by atoms with Crippen LogP contribution in [0.3, 0.4) is 0 Å². The molecule has 0 saturated carbocycles. The van der Waals surface area contributed by atoms with Crippen molar-refractivity contribution < 1.29 is 19.1 Å². The Labute approximate surface area is 142 Å². The van der Waals surface area contributed by atoms with Crippen LogP contribution in [0.25, 0.3) is 0 Å². The van der Waals surface area contributed by atoms with E-state index in [0.29, 0.717) is 0 Å². The van der Waals surface area contributed by atoms with E-state index in [1.165, 1.54) is 0 Å². The number of rotatable bonds is 7. The summed E-state index contributed by atoms with van der Waals surface area (Å²) >= 11 is 0. The second kappa shape index (κ2) is 8.16. The number of esters is 2. The third-order valence-corrected chi connectivity index (χ3v) is 4.21. The van der Waals surface area contributed by atoms with E-state index in [4.69, 9.17) is 9.47 Å². The van der Waals surface area contributed by atoms with Crippen LogP contribution in [0.4, 0.5) is 0 Å². The second-order valence-electron chi connectivity index (χ2n) is 8.77. The first-order valence-electron chi connectivity index (χ1n) is 8.61. The molecule has 136 valence electrons. The van der Waals surface area contributed by atoms with Crippen molar-refractivity contribution in [2.24, 2.45) is 23.2 Å². The van der Waals surface area contributed by atoms with Crippen LogP contribution in [0.1, 0.15) is 75.7 Å². The molecule has 0 fully saturated rings. The Morgan fingerprint density at radius 1 is 0.870 bits per heavy atom. The van der Waals surface area contributed by atoms with E-state index in [-0.39, 0.29) is 42.2 Å². The molecule has 0 amide bonds. The Balaban J connectivity index is 4.88. The van der Waals surface area contributed by atoms with Crippen molar-refractivity contribution in [3.63, 3.8) is 0 Å². The van der Waals surface area contributed by atoms with Gasteiger partial charge in [0, 0.05) is 6.42 Å². The topological polar surface area (TPSA) is 52.6 Å². The van der Waals surface area contributed by atoms with Crippen LogP contribution in [0.5, 0.6) is 0 Å². The molecule has 0 aliphatic heterocycles. The summed E-state index contributed by atoms with van der Waals surface area (Å²) in [5, 5.41) is 0. The molecule has 0 aliphatic carbocycles. The van der Waals surface area contributed by atoms with Gasteiger partial charge in [0.15, 0.2) is 0 Å². The summed E-state index contributed by atoms with van der Waals surface area (Å²) in [6.07, 6.45) is 0.0865. The lowest BCUT2D eigenvalue weighted by atomic mass is 9.78. The van der Waals surface area contributed by atoms with Crippen molar-refractivity contribution in [1.29, 1.82) is 0 Å². The summed E-state index contributed by atoms with van der Waals surface area (Å²) in [6, 6.07) is 0. The lowest BCUT2D eigenvalue weighted by molar-refractivity contribution is -0.169. The maximum Gasteiger partial charge on any atom is 0.312 e. The van der Waals surface area contributed by atoms with Crippen LogP contribution in [-0.2, 0) is 19.1 Å². The van der Waals surface area contributed by atoms with Crippen molar-refractivity contribution in [1.82, 2.24) is 0 Å². The molecule has 0 heterocycles. The highest BCUT2D eigenvalue weighted by Crippen LogP contribution is 2.33. The summed E-state index contributed by atoms with van der Waals surface area (Å²) in [5.74, 6) is -0.173. The van der Waals surface area contributed by atoms with Gasteiger partial charge >= 0.3 is 11.9 Å². The number of hydrogen-bond donors (Lipinski definition) is 0. The molecule has 0 spiro atoms. The van der Waals surface area contributed by atoms with E-state index >= 15 is 0 Å². The third-order valence-electron chi connectivity index (χ3n) is 4.21. The van der Waals surface area contributed by atoms with Gasteiger partial charge in [0.2, 0.25) is 0 Å². The fourth-order valence-corrected chi connectivity index (χ4v) is 2.41. The van der Waals surface area contributed by atoms with Gasteiger partial charge in [0.25, 0.3) is 0 Å². The first-order chi connectivity index (χ1) is 10.2. The van der Waals surface area contributed by atoms with E-state index in [0.717, 1.165) is 0 Å². The molecule has 0 aromatic heterocycles. The summed E-state index contributed by atoms with van der Waals surface area (Å²) in [5.41, 5.74) is -1.25. The molecule has 23 heavy (non-hydrogen) atoms. The molecule has 0 rings (SSSR count). The van der Waals surface area contributed by atoms with Gasteiger partial charge < -0.3 is 9.47 Å². The monoisotopic (exact) mass is 328 g/mol. The molecule has 0 saturated heterocycles. The Bertz CT molecular complexity index is 394. The lowest BCUT2D eigenvalue weighted by Crippen LogP contribution is -2.40. The van der Waals surface area contributed by atoms with Gasteiger partial charge in [-0.2, -0.15) is 0 Å². The van der Waals surface area contributed by atoms with Crippen molar-refractivity contribution in [3.8, 4) is 0 Å². The molecule has 4 nitrogen and oxygen atoms in total. The zero-order valence-corrected chi connectivity index (χ0v) is 16.6. The molecule has 4 heteroatoms. The fraction of sp³-hybridized carbons (Fsp3) is 0.895. The van der Waals surface area contributed by atoms with Gasteiger partial charge in [-0.05, 0) is 52.4 Å². The van der Waals surface area contributed by atoms with Crippen LogP contribution in [-0.4, -0.2) is 23.6 Å². The summed E-state index contributed by atoms with van der Waals surface area (Å²) in [7, 11) is 0. The molecule has 0 aromatic rings. The van der Waals surface area contributed by atoms with Crippen molar-refractivity contribution in [3.05, 3.63) is 0 Å². The van der Waals surface area contributed by atoms with Crippen molar-refractivity contribution >= 4 is 11.9 Å². The van der Waals surface area contributed by atoms with E-state index in [1.54, 1.807) is 0 Å². The zero-order valence-electron chi connectivity index (χ0n) is 16.6. The van der Waals surface area contributed by atoms with Gasteiger partial charge in [-0.3, -0.25) is 9.59 Å². The van der Waals surface area contributed by atoms with E-state index in [2.05, 4.69) is 27.7 Å². The summed E-state index contributed by atoms with van der Waals surface area (Å²) in [4.78, 5) is 24.6. The third kappa shape index (κ3) is 7.36. The highest BCUT2D eigenvalue weighted by molar-refractivity contribution is 5.78. The smallest absolute Gasteiger partial charge is 0.312 e. The van der Waals surface area contributed by atoms with Gasteiger partial charge in [0.1, 0.15) is 11.7 Å². The Morgan fingerprint density at radius 2 is 1.30 bits per heavy atom. The average molecular weight is 328 g/mol. The molecular formula is C19H36O4. The van der Waals surface area contributed by atoms with E-state index in [9.17, 15) is 9.59 Å². The van der Waals surface area contributed by atoms with Gasteiger partial charge in [-0.15, -0.1) is 0 Å². The van der Waals surface area contributed by atoms with Crippen LogP contribution in [0.15, 0.2) is 0 Å². The minimum absolute atomic E-state index is 0.115. The molecule has 0 N–H and O–H groups in total. The maximum absolute atomic E-state index is 12.6. The number of hydrogen-bond acceptors (Lipinski definition) is 4. The molecular weight excluding hydrogens is 292 g/mol. The number of carbonyl (C=O) groups is 2. The predicted molar refractivity (Wildman–Crippen MR) is 93.0 cm³/mol. The van der Waals surface area contributed by atoms with Gasteiger partial charge in [0.05, 0.1) is 5.41 Å². The highest BCUT2D eigenvalue weighted by Gasteiger charge is 2.39. The first-order valence-corrected chi connectivity index (χ1v) is 8.61. The molecule has 0 aliphatic rings. The van der Waals surface area contributed by atoms with Crippen molar-refractivity contribution in [2.45, 2.75) is 87.4 Å². The first kappa shape index (κ1) is 21.9. The van der Waals surface area contributed by atoms with Crippen LogP contribution in [0, 0.1) is 23.2 Å². The summed E-state index contributed by atoms with van der Waals surface area (Å²) < 4.78 is 11.1. The molecule has 1 unspecified atom stereocenters. The van der Waals surface area contributed by atoms with Gasteiger partial charge in [-0.1, -0.05) is 34.6 Å². The minimum Gasteiger partial charge on any atom is -0.461 e. The second-order valence-corrected chi connectivity index (χ2v) is 8.77. The molecule has 0 radical (unpaired) electrons. The summed E-state index contributed by atoms with van der Waals surface area (Å²) in [6.45, 7) is 19.3. The fourth-order valence-electron chi connectivity index (χ4n) is 2.41. The van der Waals surface area contributed by atoms with E-state index < -0.39 is 11.0 Å². The highest BCUT2D eigenvalue weighted by atomic mass is 16.6. The lowest BCUT2D eigenvalue weighted by Gasteiger charge is -2.34. The Morgan fingerprint density at radius 3 is 1.65 bits per heavy atom. The number of ether oxygens (including phenoxy) is 2. The van der Waals surface area contributed by atoms with Crippen LogP contribution >= 0.6 is 0 Å². The quantitative estimate of drug-likeness (QED) is 0.641. The largest absolute Gasteiger partial charge is 0.461 e. The SMILES string of the molecule is CC(C)C(OC(=O)C(C)(C)C(C)CC(=O)OC(C)(C)C)C(C)C. The average Bonchev–Trinajstić information content (AvgIpc) is 2.31. The van der Waals surface area contributed by atoms with Crippen LogP contribution in [0.2, 0.25) is 0 Å². The Hall–Kier alpha value is -1.06. The molecule has 0 aromatic carbocycles. The molecule has 0 bridgehead atoms. The minimum atomic E-state index is -0.737. The van der Waals surface area contributed by atoms with E-state index in [1.807, 2.05) is 41.5 Å². The maximum atomic E-state index is 12.6. The molecule has 1 atom stereocenters. The van der Waals surface area contributed by atoms with Crippen LogP contribution < -0.4 is 0 Å². The van der Waals surface area contributed by atoms with Crippen molar-refractivity contribution in [2.75, 3.05) is 0 Å². The Kier molecular flexibility index (Phi) is 7.79.